The predicted octanol–water partition coefficient (Wildman–Crippen LogP) is 2.51. The van der Waals surface area contributed by atoms with E-state index in [4.69, 9.17) is 4.74 Å². The molecule has 0 spiro atoms. The van der Waals surface area contributed by atoms with Crippen molar-refractivity contribution in [1.29, 1.82) is 0 Å². The lowest BCUT2D eigenvalue weighted by atomic mass is 10.1. The zero-order valence-corrected chi connectivity index (χ0v) is 9.92. The average Bonchev–Trinajstić information content (AvgIpc) is 2.34. The summed E-state index contributed by atoms with van der Waals surface area (Å²) in [6.45, 7) is 0. The maximum absolute atomic E-state index is 12.7. The molecule has 0 heterocycles. The molecule has 7 heteroatoms. The predicted molar refractivity (Wildman–Crippen MR) is 55.9 cm³/mol. The average molecular weight is 264 g/mol. The number of carbonyl (C=O) groups is 1. The molecule has 0 radical (unpaired) electrons. The third-order valence-corrected chi connectivity index (χ3v) is 2.24. The van der Waals surface area contributed by atoms with E-state index in [2.05, 4.69) is 9.47 Å². The summed E-state index contributed by atoms with van der Waals surface area (Å²) in [7, 11) is 3.33. The fraction of sp³-hybridized carbons (Fsp3) is 0.364. The Kier molecular flexibility index (Phi) is 4.05. The molecule has 0 saturated carbocycles. The van der Waals surface area contributed by atoms with Crippen LogP contribution < -0.4 is 9.47 Å². The van der Waals surface area contributed by atoms with E-state index < -0.39 is 29.0 Å². The smallest absolute Gasteiger partial charge is 0.419 e. The van der Waals surface area contributed by atoms with Crippen molar-refractivity contribution in [2.45, 2.75) is 6.18 Å². The topological polar surface area (TPSA) is 44.8 Å². The molecule has 1 aromatic rings. The van der Waals surface area contributed by atoms with Crippen molar-refractivity contribution < 1.29 is 32.2 Å². The Balaban J connectivity index is 3.57. The van der Waals surface area contributed by atoms with Gasteiger partial charge in [0.05, 0.1) is 26.9 Å². The molecule has 0 fully saturated rings. The van der Waals surface area contributed by atoms with Crippen molar-refractivity contribution in [2.24, 2.45) is 0 Å². The van der Waals surface area contributed by atoms with Crippen molar-refractivity contribution in [3.63, 3.8) is 0 Å². The number of hydrogen-bond acceptors (Lipinski definition) is 4. The van der Waals surface area contributed by atoms with Crippen molar-refractivity contribution >= 4 is 5.97 Å². The largest absolute Gasteiger partial charge is 0.496 e. The molecule has 0 saturated heterocycles. The fourth-order valence-corrected chi connectivity index (χ4v) is 1.47. The molecule has 0 bridgehead atoms. The molecule has 0 amide bonds. The van der Waals surface area contributed by atoms with Crippen LogP contribution in [0.2, 0.25) is 0 Å². The first-order valence-electron chi connectivity index (χ1n) is 4.77. The molecule has 100 valence electrons. The van der Waals surface area contributed by atoms with E-state index >= 15 is 0 Å². The van der Waals surface area contributed by atoms with Gasteiger partial charge in [-0.25, -0.2) is 4.79 Å². The molecule has 0 aliphatic rings. The van der Waals surface area contributed by atoms with Crippen LogP contribution in [0.15, 0.2) is 12.1 Å². The van der Waals surface area contributed by atoms with Crippen LogP contribution in [0.1, 0.15) is 15.9 Å². The lowest BCUT2D eigenvalue weighted by Gasteiger charge is -2.16. The monoisotopic (exact) mass is 264 g/mol. The van der Waals surface area contributed by atoms with Crippen LogP contribution in [-0.2, 0) is 10.9 Å². The van der Waals surface area contributed by atoms with Crippen molar-refractivity contribution in [3.05, 3.63) is 23.3 Å². The van der Waals surface area contributed by atoms with Gasteiger partial charge in [-0.3, -0.25) is 0 Å². The number of alkyl halides is 3. The Labute approximate surface area is 101 Å². The van der Waals surface area contributed by atoms with Crippen LogP contribution in [0.5, 0.6) is 11.5 Å². The van der Waals surface area contributed by atoms with Crippen LogP contribution in [0.3, 0.4) is 0 Å². The maximum Gasteiger partial charge on any atom is 0.419 e. The molecular weight excluding hydrogens is 253 g/mol. The Bertz CT molecular complexity index is 454. The van der Waals surface area contributed by atoms with E-state index in [0.717, 1.165) is 26.4 Å². The van der Waals surface area contributed by atoms with E-state index in [1.807, 2.05) is 0 Å². The summed E-state index contributed by atoms with van der Waals surface area (Å²) in [4.78, 5) is 11.5. The van der Waals surface area contributed by atoms with Gasteiger partial charge in [-0.05, 0) is 12.1 Å². The van der Waals surface area contributed by atoms with Crippen LogP contribution in [-0.4, -0.2) is 27.3 Å². The van der Waals surface area contributed by atoms with Crippen LogP contribution in [0.25, 0.3) is 0 Å². The van der Waals surface area contributed by atoms with Crippen LogP contribution in [0, 0.1) is 0 Å². The highest BCUT2D eigenvalue weighted by molar-refractivity contribution is 5.96. The Morgan fingerprint density at radius 3 is 2.11 bits per heavy atom. The first-order chi connectivity index (χ1) is 8.36. The first-order valence-corrected chi connectivity index (χ1v) is 4.77. The molecule has 0 aliphatic carbocycles. The third kappa shape index (κ3) is 2.49. The summed E-state index contributed by atoms with van der Waals surface area (Å²) in [5.74, 6) is -1.63. The standard InChI is InChI=1S/C11H11F3O4/c1-16-7-5-4-6(11(12,13)14)9(17-2)8(7)10(15)18-3/h4-5H,1-3H3. The number of carbonyl (C=O) groups excluding carboxylic acids is 1. The van der Waals surface area contributed by atoms with Gasteiger partial charge in [0.1, 0.15) is 17.1 Å². The highest BCUT2D eigenvalue weighted by Crippen LogP contribution is 2.41. The molecule has 18 heavy (non-hydrogen) atoms. The summed E-state index contributed by atoms with van der Waals surface area (Å²) in [5.41, 5.74) is -1.46. The minimum absolute atomic E-state index is 0.0494. The van der Waals surface area contributed by atoms with Gasteiger partial charge in [0, 0.05) is 0 Å². The van der Waals surface area contributed by atoms with Gasteiger partial charge < -0.3 is 14.2 Å². The van der Waals surface area contributed by atoms with E-state index in [-0.39, 0.29) is 5.75 Å². The van der Waals surface area contributed by atoms with Gasteiger partial charge >= 0.3 is 12.1 Å². The quantitative estimate of drug-likeness (QED) is 0.787. The van der Waals surface area contributed by atoms with E-state index in [1.165, 1.54) is 7.11 Å². The number of hydrogen-bond donors (Lipinski definition) is 0. The van der Waals surface area contributed by atoms with Gasteiger partial charge in [-0.2, -0.15) is 13.2 Å². The normalized spacial score (nSPS) is 11.0. The summed E-state index contributed by atoms with van der Waals surface area (Å²) in [5, 5.41) is 0. The van der Waals surface area contributed by atoms with Crippen LogP contribution in [0.4, 0.5) is 13.2 Å². The van der Waals surface area contributed by atoms with Crippen LogP contribution >= 0.6 is 0 Å². The molecule has 0 aromatic heterocycles. The zero-order valence-electron chi connectivity index (χ0n) is 9.92. The first kappa shape index (κ1) is 14.1. The maximum atomic E-state index is 12.7. The van der Waals surface area contributed by atoms with Gasteiger partial charge in [0.2, 0.25) is 0 Å². The number of ether oxygens (including phenoxy) is 3. The molecule has 0 atom stereocenters. The number of rotatable bonds is 3. The van der Waals surface area contributed by atoms with Crippen molar-refractivity contribution in [3.8, 4) is 11.5 Å². The van der Waals surface area contributed by atoms with Gasteiger partial charge in [0.15, 0.2) is 0 Å². The Morgan fingerprint density at radius 2 is 1.72 bits per heavy atom. The zero-order chi connectivity index (χ0) is 13.9. The molecule has 0 unspecified atom stereocenters. The molecule has 4 nitrogen and oxygen atoms in total. The fourth-order valence-electron chi connectivity index (χ4n) is 1.47. The van der Waals surface area contributed by atoms with Gasteiger partial charge in [-0.1, -0.05) is 0 Å². The molecule has 0 aliphatic heterocycles. The second-order valence-electron chi connectivity index (χ2n) is 3.21. The molecular formula is C11H11F3O4. The van der Waals surface area contributed by atoms with E-state index in [1.54, 1.807) is 0 Å². The molecule has 1 rings (SSSR count). The summed E-state index contributed by atoms with van der Waals surface area (Å²) in [6, 6.07) is 1.82. The SMILES string of the molecule is COC(=O)c1c(OC)ccc(C(F)(F)F)c1OC. The highest BCUT2D eigenvalue weighted by atomic mass is 19.4. The van der Waals surface area contributed by atoms with E-state index in [9.17, 15) is 18.0 Å². The molecule has 0 N–H and O–H groups in total. The number of methoxy groups -OCH3 is 3. The summed E-state index contributed by atoms with van der Waals surface area (Å²) < 4.78 is 52.2. The number of halogens is 3. The number of benzene rings is 1. The number of esters is 1. The van der Waals surface area contributed by atoms with Gasteiger partial charge in [0.25, 0.3) is 0 Å². The minimum atomic E-state index is -4.64. The second kappa shape index (κ2) is 5.16. The lowest BCUT2D eigenvalue weighted by Crippen LogP contribution is -2.13. The lowest BCUT2D eigenvalue weighted by molar-refractivity contribution is -0.138. The molecule has 1 aromatic carbocycles. The summed E-state index contributed by atoms with van der Waals surface area (Å²) in [6.07, 6.45) is -4.64. The highest BCUT2D eigenvalue weighted by Gasteiger charge is 2.37. The van der Waals surface area contributed by atoms with E-state index in [0.29, 0.717) is 0 Å². The van der Waals surface area contributed by atoms with Crippen molar-refractivity contribution in [2.75, 3.05) is 21.3 Å². The Hall–Kier alpha value is -1.92. The third-order valence-electron chi connectivity index (χ3n) is 2.24. The Morgan fingerprint density at radius 1 is 1.11 bits per heavy atom. The van der Waals surface area contributed by atoms with Gasteiger partial charge in [-0.15, -0.1) is 0 Å². The second-order valence-corrected chi connectivity index (χ2v) is 3.21. The minimum Gasteiger partial charge on any atom is -0.496 e. The summed E-state index contributed by atoms with van der Waals surface area (Å²) >= 11 is 0. The van der Waals surface area contributed by atoms with Crippen molar-refractivity contribution in [1.82, 2.24) is 0 Å².